The highest BCUT2D eigenvalue weighted by Crippen LogP contribution is 2.37. The minimum absolute atomic E-state index is 0.334. The van der Waals surface area contributed by atoms with Crippen molar-refractivity contribution in [3.63, 3.8) is 0 Å². The van der Waals surface area contributed by atoms with E-state index in [4.69, 9.17) is 0 Å². The topological polar surface area (TPSA) is 75.0 Å². The molecule has 1 aliphatic rings. The van der Waals surface area contributed by atoms with Crippen molar-refractivity contribution in [1.29, 1.82) is 0 Å². The van der Waals surface area contributed by atoms with Gasteiger partial charge in [-0.2, -0.15) is 12.5 Å². The number of benzene rings is 2. The third-order valence-corrected chi connectivity index (χ3v) is 6.28. The standard InChI is InChI=1S/C23H28N3O2S/c1-3-26(4-2)15-16-29-23-24-21(27)20(22(28)25-23)19(17-11-7-5-8-12-17)18-13-9-6-10-14-18/h5-14,19,21-22H,3-4,15-16H2,1-2H3,(H,24,25)/q-3/p+1. The Morgan fingerprint density at radius 3 is 2.03 bits per heavy atom. The Morgan fingerprint density at radius 2 is 1.55 bits per heavy atom. The Kier molecular flexibility index (Phi) is 8.12. The molecule has 2 unspecified atom stereocenters. The number of nitrogens with zero attached hydrogens (tertiary/aromatic N) is 1. The molecule has 0 aromatic heterocycles. The lowest BCUT2D eigenvalue weighted by molar-refractivity contribution is -0.893. The predicted molar refractivity (Wildman–Crippen MR) is 115 cm³/mol. The van der Waals surface area contributed by atoms with Crippen LogP contribution in [0.25, 0.3) is 0 Å². The van der Waals surface area contributed by atoms with Crippen LogP contribution in [-0.4, -0.2) is 43.0 Å². The van der Waals surface area contributed by atoms with Crippen LogP contribution in [0.3, 0.4) is 0 Å². The first-order chi connectivity index (χ1) is 14.1. The summed E-state index contributed by atoms with van der Waals surface area (Å²) in [7, 11) is 0. The molecule has 2 aromatic carbocycles. The Morgan fingerprint density at radius 1 is 1.00 bits per heavy atom. The maximum Gasteiger partial charge on any atom is 0.149 e. The van der Waals surface area contributed by atoms with E-state index >= 15 is 0 Å². The van der Waals surface area contributed by atoms with E-state index < -0.39 is 12.5 Å². The maximum absolute atomic E-state index is 13.0. The molecule has 0 saturated heterocycles. The molecule has 2 aromatic rings. The van der Waals surface area contributed by atoms with E-state index in [-0.39, 0.29) is 5.92 Å². The summed E-state index contributed by atoms with van der Waals surface area (Å²) < 4.78 is 0. The van der Waals surface area contributed by atoms with Crippen LogP contribution in [0.4, 0.5) is 0 Å². The van der Waals surface area contributed by atoms with Gasteiger partial charge in [0.1, 0.15) is 5.17 Å². The third kappa shape index (κ3) is 5.60. The summed E-state index contributed by atoms with van der Waals surface area (Å²) in [6, 6.07) is 19.5. The average Bonchev–Trinajstić information content (AvgIpc) is 2.75. The van der Waals surface area contributed by atoms with Crippen molar-refractivity contribution >= 4 is 16.9 Å². The molecule has 3 rings (SSSR count). The highest BCUT2D eigenvalue weighted by molar-refractivity contribution is 8.13. The largest absolute Gasteiger partial charge is 0.861 e. The van der Waals surface area contributed by atoms with Crippen molar-refractivity contribution in [2.45, 2.75) is 32.2 Å². The van der Waals surface area contributed by atoms with E-state index in [2.05, 4.69) is 24.2 Å². The normalized spacial score (nSPS) is 20.0. The molecule has 0 bridgehead atoms. The zero-order valence-corrected chi connectivity index (χ0v) is 17.8. The van der Waals surface area contributed by atoms with Gasteiger partial charge in [-0.3, -0.25) is 5.92 Å². The molecule has 156 valence electrons. The molecule has 0 spiro atoms. The molecule has 0 aliphatic carbocycles. The molecule has 0 radical (unpaired) electrons. The van der Waals surface area contributed by atoms with Gasteiger partial charge in [-0.05, 0) is 13.8 Å². The van der Waals surface area contributed by atoms with E-state index in [9.17, 15) is 10.2 Å². The Bertz CT molecular complexity index is 729. The average molecular weight is 412 g/mol. The molecule has 1 aliphatic heterocycles. The lowest BCUT2D eigenvalue weighted by Gasteiger charge is -2.60. The minimum atomic E-state index is -1.37. The molecule has 0 fully saturated rings. The molecular formula is C23H29N3O2S-2. The van der Waals surface area contributed by atoms with Crippen molar-refractivity contribution < 1.29 is 15.1 Å². The SMILES string of the molecule is CC[NH+](CC)CCSC1=NC([O-])[C-](C(c2ccccc2)c2ccccc2)C([O-])N1. The molecule has 29 heavy (non-hydrogen) atoms. The number of hydrogen-bond acceptors (Lipinski definition) is 5. The van der Waals surface area contributed by atoms with Crippen LogP contribution in [0.2, 0.25) is 0 Å². The van der Waals surface area contributed by atoms with Gasteiger partial charge in [0.15, 0.2) is 0 Å². The van der Waals surface area contributed by atoms with Crippen molar-refractivity contribution in [2.24, 2.45) is 4.99 Å². The van der Waals surface area contributed by atoms with Gasteiger partial charge in [-0.25, -0.2) is 0 Å². The van der Waals surface area contributed by atoms with Gasteiger partial charge in [0.05, 0.1) is 25.4 Å². The summed E-state index contributed by atoms with van der Waals surface area (Å²) in [5.74, 6) is 0.796. The van der Waals surface area contributed by atoms with Crippen molar-refractivity contribution in [3.05, 3.63) is 77.7 Å². The Hall–Kier alpha value is -1.86. The summed E-state index contributed by atoms with van der Waals surface area (Å²) in [4.78, 5) is 5.79. The van der Waals surface area contributed by atoms with Crippen LogP contribution < -0.4 is 20.4 Å². The first-order valence-electron chi connectivity index (χ1n) is 10.2. The summed E-state index contributed by atoms with van der Waals surface area (Å²) in [6.45, 7) is 7.45. The third-order valence-electron chi connectivity index (χ3n) is 5.37. The van der Waals surface area contributed by atoms with Gasteiger partial charge in [0.2, 0.25) is 0 Å². The van der Waals surface area contributed by atoms with Crippen LogP contribution in [0.5, 0.6) is 0 Å². The van der Waals surface area contributed by atoms with Gasteiger partial charge >= 0.3 is 0 Å². The number of aliphatic imine (C=N–C) groups is 1. The fourth-order valence-corrected chi connectivity index (χ4v) is 4.62. The molecule has 5 nitrogen and oxygen atoms in total. The second-order valence-electron chi connectivity index (χ2n) is 7.12. The second kappa shape index (κ2) is 10.8. The number of amidine groups is 1. The van der Waals surface area contributed by atoms with Gasteiger partial charge in [-0.1, -0.05) is 83.6 Å². The van der Waals surface area contributed by atoms with Crippen LogP contribution in [0, 0.1) is 5.92 Å². The molecule has 0 amide bonds. The van der Waals surface area contributed by atoms with E-state index in [1.807, 2.05) is 60.7 Å². The summed E-state index contributed by atoms with van der Waals surface area (Å²) in [6.07, 6.45) is -2.64. The quantitative estimate of drug-likeness (QED) is 0.616. The molecule has 6 heteroatoms. The lowest BCUT2D eigenvalue weighted by atomic mass is 9.78. The smallest absolute Gasteiger partial charge is 0.149 e. The van der Waals surface area contributed by atoms with Crippen molar-refractivity contribution in [1.82, 2.24) is 5.32 Å². The Labute approximate surface area is 177 Å². The second-order valence-corrected chi connectivity index (χ2v) is 8.20. The van der Waals surface area contributed by atoms with Crippen molar-refractivity contribution in [3.8, 4) is 0 Å². The fourth-order valence-electron chi connectivity index (χ4n) is 3.68. The van der Waals surface area contributed by atoms with Crippen LogP contribution in [0.1, 0.15) is 30.9 Å². The summed E-state index contributed by atoms with van der Waals surface area (Å²) >= 11 is 1.47. The zero-order valence-electron chi connectivity index (χ0n) is 17.0. The number of quaternary nitrogens is 1. The number of thioether (sulfide) groups is 1. The van der Waals surface area contributed by atoms with Gasteiger partial charge < -0.3 is 25.4 Å². The lowest BCUT2D eigenvalue weighted by Crippen LogP contribution is -3.11. The summed E-state index contributed by atoms with van der Waals surface area (Å²) in [5.41, 5.74) is 1.88. The van der Waals surface area contributed by atoms with Gasteiger partial charge in [0.25, 0.3) is 0 Å². The fraction of sp³-hybridized carbons (Fsp3) is 0.391. The van der Waals surface area contributed by atoms with Crippen molar-refractivity contribution in [2.75, 3.05) is 25.4 Å². The van der Waals surface area contributed by atoms with Crippen LogP contribution >= 0.6 is 11.8 Å². The highest BCUT2D eigenvalue weighted by atomic mass is 32.2. The number of nitrogens with one attached hydrogen (secondary N) is 2. The van der Waals surface area contributed by atoms with E-state index in [1.165, 1.54) is 16.7 Å². The van der Waals surface area contributed by atoms with Gasteiger partial charge in [-0.15, -0.1) is 5.92 Å². The monoisotopic (exact) mass is 411 g/mol. The van der Waals surface area contributed by atoms with E-state index in [0.717, 1.165) is 36.5 Å². The van der Waals surface area contributed by atoms with Crippen LogP contribution in [0.15, 0.2) is 65.7 Å². The number of hydrogen-bond donors (Lipinski definition) is 2. The predicted octanol–water partition coefficient (Wildman–Crippen LogP) is 0.383. The number of rotatable bonds is 8. The van der Waals surface area contributed by atoms with E-state index in [1.54, 1.807) is 0 Å². The summed E-state index contributed by atoms with van der Waals surface area (Å²) in [5, 5.41) is 29.5. The minimum Gasteiger partial charge on any atom is -0.861 e. The van der Waals surface area contributed by atoms with E-state index in [0.29, 0.717) is 11.1 Å². The first-order valence-corrected chi connectivity index (χ1v) is 11.2. The molecular weight excluding hydrogens is 382 g/mol. The molecule has 2 atom stereocenters. The zero-order chi connectivity index (χ0) is 20.6. The Balaban J connectivity index is 1.79. The highest BCUT2D eigenvalue weighted by Gasteiger charge is 2.20. The molecule has 2 N–H and O–H groups in total. The molecule has 0 saturated carbocycles. The van der Waals surface area contributed by atoms with Gasteiger partial charge in [0, 0.05) is 0 Å². The first kappa shape index (κ1) is 21.8. The van der Waals surface area contributed by atoms with Crippen LogP contribution in [-0.2, 0) is 0 Å². The maximum atomic E-state index is 13.0. The molecule has 1 heterocycles.